The van der Waals surface area contributed by atoms with Crippen LogP contribution in [0.2, 0.25) is 0 Å². The van der Waals surface area contributed by atoms with Crippen molar-refractivity contribution >= 4 is 23.4 Å². The minimum atomic E-state index is -0.553. The Morgan fingerprint density at radius 1 is 1.07 bits per heavy atom. The van der Waals surface area contributed by atoms with Crippen molar-refractivity contribution in [1.82, 2.24) is 10.3 Å². The predicted octanol–water partition coefficient (Wildman–Crippen LogP) is 3.48. The largest absolute Gasteiger partial charge is 0.445 e. The van der Waals surface area contributed by atoms with Gasteiger partial charge >= 0.3 is 6.09 Å². The fourth-order valence-electron chi connectivity index (χ4n) is 2.47. The predicted molar refractivity (Wildman–Crippen MR) is 106 cm³/mol. The van der Waals surface area contributed by atoms with E-state index in [-0.39, 0.29) is 24.7 Å². The fraction of sp³-hybridized carbons (Fsp3) is 0.0952. The van der Waals surface area contributed by atoms with Gasteiger partial charge in [-0.2, -0.15) is 0 Å². The molecular weight excluding hydrogens is 375 g/mol. The van der Waals surface area contributed by atoms with E-state index in [1.54, 1.807) is 42.7 Å². The van der Waals surface area contributed by atoms with Crippen LogP contribution in [-0.2, 0) is 17.9 Å². The first-order valence-corrected chi connectivity index (χ1v) is 8.76. The highest BCUT2D eigenvalue weighted by molar-refractivity contribution is 6.05. The van der Waals surface area contributed by atoms with E-state index in [1.807, 2.05) is 6.07 Å². The van der Waals surface area contributed by atoms with Crippen molar-refractivity contribution in [2.24, 2.45) is 0 Å². The summed E-state index contributed by atoms with van der Waals surface area (Å²) >= 11 is 0. The number of nitrogens with two attached hydrogens (primary N) is 1. The first-order valence-electron chi connectivity index (χ1n) is 8.76. The van der Waals surface area contributed by atoms with E-state index in [0.717, 1.165) is 17.2 Å². The van der Waals surface area contributed by atoms with Gasteiger partial charge in [0.25, 0.3) is 5.91 Å². The number of halogens is 1. The van der Waals surface area contributed by atoms with Crippen LogP contribution in [-0.4, -0.2) is 17.0 Å². The Hall–Kier alpha value is -3.94. The van der Waals surface area contributed by atoms with Gasteiger partial charge in [-0.15, -0.1) is 0 Å². The fourth-order valence-corrected chi connectivity index (χ4v) is 2.47. The second kappa shape index (κ2) is 9.32. The molecule has 8 heteroatoms. The second-order valence-corrected chi connectivity index (χ2v) is 6.17. The maximum Gasteiger partial charge on any atom is 0.407 e. The highest BCUT2D eigenvalue weighted by Gasteiger charge is 2.09. The number of nitrogens with zero attached hydrogens (tertiary/aromatic N) is 1. The maximum absolute atomic E-state index is 13.1. The normalized spacial score (nSPS) is 10.2. The smallest absolute Gasteiger partial charge is 0.407 e. The third-order valence-corrected chi connectivity index (χ3v) is 4.01. The summed E-state index contributed by atoms with van der Waals surface area (Å²) in [5.74, 6) is -0.852. The summed E-state index contributed by atoms with van der Waals surface area (Å²) in [6, 6.07) is 14.0. The number of benzene rings is 2. The van der Waals surface area contributed by atoms with Crippen molar-refractivity contribution in [2.75, 3.05) is 11.1 Å². The molecule has 1 aromatic heterocycles. The van der Waals surface area contributed by atoms with Gasteiger partial charge in [-0.3, -0.25) is 9.78 Å². The van der Waals surface area contributed by atoms with Gasteiger partial charge in [-0.1, -0.05) is 18.2 Å². The van der Waals surface area contributed by atoms with Gasteiger partial charge in [0.1, 0.15) is 12.4 Å². The first-order chi connectivity index (χ1) is 14.0. The Labute approximate surface area is 166 Å². The molecule has 0 aliphatic carbocycles. The molecule has 0 saturated carbocycles. The molecule has 2 amide bonds. The van der Waals surface area contributed by atoms with Crippen LogP contribution in [0.5, 0.6) is 0 Å². The number of ether oxygens (including phenoxy) is 1. The summed E-state index contributed by atoms with van der Waals surface area (Å²) in [6.45, 7) is 0.379. The molecule has 3 aromatic rings. The molecule has 0 saturated heterocycles. The van der Waals surface area contributed by atoms with Crippen LogP contribution >= 0.6 is 0 Å². The van der Waals surface area contributed by atoms with Gasteiger partial charge < -0.3 is 21.1 Å². The molecule has 0 atom stereocenters. The quantitative estimate of drug-likeness (QED) is 0.555. The van der Waals surface area contributed by atoms with Crippen LogP contribution in [0.25, 0.3) is 0 Å². The van der Waals surface area contributed by atoms with Crippen molar-refractivity contribution in [3.8, 4) is 0 Å². The summed E-state index contributed by atoms with van der Waals surface area (Å²) in [6.07, 6.45) is 2.71. The van der Waals surface area contributed by atoms with Crippen LogP contribution in [0, 0.1) is 5.82 Å². The molecule has 0 unspecified atom stereocenters. The molecule has 2 aromatic carbocycles. The maximum atomic E-state index is 13.1. The molecule has 1 heterocycles. The Balaban J connectivity index is 1.49. The summed E-state index contributed by atoms with van der Waals surface area (Å²) in [5.41, 5.74) is 8.15. The lowest BCUT2D eigenvalue weighted by molar-refractivity contribution is 0.102. The number of alkyl carbamates (subject to hydrolysis) is 1. The van der Waals surface area contributed by atoms with Gasteiger partial charge in [0, 0.05) is 30.1 Å². The summed E-state index contributed by atoms with van der Waals surface area (Å²) < 4.78 is 18.2. The van der Waals surface area contributed by atoms with Gasteiger partial charge in [-0.05, 0) is 42.0 Å². The minimum Gasteiger partial charge on any atom is -0.445 e. The number of nitrogen functional groups attached to an aromatic ring is 1. The molecule has 148 valence electrons. The van der Waals surface area contributed by atoms with Crippen molar-refractivity contribution in [1.29, 1.82) is 0 Å². The van der Waals surface area contributed by atoms with Crippen molar-refractivity contribution in [3.05, 3.63) is 89.5 Å². The Morgan fingerprint density at radius 3 is 2.55 bits per heavy atom. The monoisotopic (exact) mass is 394 g/mol. The zero-order chi connectivity index (χ0) is 20.6. The molecule has 0 aliphatic heterocycles. The van der Waals surface area contributed by atoms with Crippen molar-refractivity contribution in [3.63, 3.8) is 0 Å². The van der Waals surface area contributed by atoms with E-state index in [2.05, 4.69) is 15.6 Å². The van der Waals surface area contributed by atoms with Crippen LogP contribution in [0.3, 0.4) is 0 Å². The molecule has 0 fully saturated rings. The van der Waals surface area contributed by atoms with Crippen molar-refractivity contribution < 1.29 is 18.7 Å². The first kappa shape index (κ1) is 19.8. The molecule has 29 heavy (non-hydrogen) atoms. The van der Waals surface area contributed by atoms with Crippen LogP contribution in [0.15, 0.2) is 67.0 Å². The number of nitrogens with one attached hydrogen (secondary N) is 2. The van der Waals surface area contributed by atoms with Crippen LogP contribution < -0.4 is 16.4 Å². The molecule has 4 N–H and O–H groups in total. The molecule has 0 spiro atoms. The molecule has 0 aliphatic rings. The number of anilines is 2. The highest BCUT2D eigenvalue weighted by atomic mass is 19.1. The van der Waals surface area contributed by atoms with Gasteiger partial charge in [0.15, 0.2) is 0 Å². The lowest BCUT2D eigenvalue weighted by atomic mass is 10.1. The van der Waals surface area contributed by atoms with E-state index in [1.165, 1.54) is 12.1 Å². The van der Waals surface area contributed by atoms with Gasteiger partial charge in [0.05, 0.1) is 11.4 Å². The molecule has 0 bridgehead atoms. The Morgan fingerprint density at radius 2 is 1.86 bits per heavy atom. The lowest BCUT2D eigenvalue weighted by Gasteiger charge is -2.09. The topological polar surface area (TPSA) is 106 Å². The number of aromatic nitrogens is 1. The van der Waals surface area contributed by atoms with Crippen molar-refractivity contribution in [2.45, 2.75) is 13.2 Å². The molecule has 3 rings (SSSR count). The average Bonchev–Trinajstić information content (AvgIpc) is 2.74. The number of carbonyl (C=O) groups is 2. The average molecular weight is 394 g/mol. The molecule has 7 nitrogen and oxygen atoms in total. The van der Waals surface area contributed by atoms with Crippen LogP contribution in [0.4, 0.5) is 20.6 Å². The zero-order valence-corrected chi connectivity index (χ0v) is 15.4. The van der Waals surface area contributed by atoms with Gasteiger partial charge in [-0.25, -0.2) is 9.18 Å². The summed E-state index contributed by atoms with van der Waals surface area (Å²) in [7, 11) is 0. The number of hydrogen-bond donors (Lipinski definition) is 3. The number of carbonyl (C=O) groups excluding carboxylic acids is 2. The molecular formula is C21H19FN4O3. The molecule has 0 radical (unpaired) electrons. The van der Waals surface area contributed by atoms with Crippen LogP contribution in [0.1, 0.15) is 21.5 Å². The second-order valence-electron chi connectivity index (χ2n) is 6.17. The number of amides is 2. The third kappa shape index (κ3) is 5.77. The number of hydrogen-bond acceptors (Lipinski definition) is 5. The SMILES string of the molecule is Nc1cc(F)ccc1NC(=O)c1ccc(CNC(=O)OCc2cccnc2)cc1. The van der Waals surface area contributed by atoms with E-state index in [0.29, 0.717) is 11.3 Å². The number of rotatable bonds is 6. The Bertz CT molecular complexity index is 995. The van der Waals surface area contributed by atoms with E-state index < -0.39 is 11.9 Å². The summed E-state index contributed by atoms with van der Waals surface area (Å²) in [4.78, 5) is 28.0. The van der Waals surface area contributed by atoms with E-state index >= 15 is 0 Å². The summed E-state index contributed by atoms with van der Waals surface area (Å²) in [5, 5.41) is 5.27. The highest BCUT2D eigenvalue weighted by Crippen LogP contribution is 2.20. The lowest BCUT2D eigenvalue weighted by Crippen LogP contribution is -2.23. The van der Waals surface area contributed by atoms with Gasteiger partial charge in [0.2, 0.25) is 0 Å². The van der Waals surface area contributed by atoms with E-state index in [4.69, 9.17) is 10.5 Å². The minimum absolute atomic E-state index is 0.130. The van der Waals surface area contributed by atoms with E-state index in [9.17, 15) is 14.0 Å². The standard InChI is InChI=1S/C21H19FN4O3/c22-17-7-8-19(18(23)10-17)26-20(27)16-5-3-14(4-6-16)12-25-21(28)29-13-15-2-1-9-24-11-15/h1-11H,12-13,23H2,(H,25,28)(H,26,27). The number of pyridine rings is 1. The third-order valence-electron chi connectivity index (χ3n) is 4.01. The zero-order valence-electron chi connectivity index (χ0n) is 15.4. The Kier molecular flexibility index (Phi) is 6.36.